The number of nitrogens with zero attached hydrogens (tertiary/aromatic N) is 1. The van der Waals surface area contributed by atoms with Crippen molar-refractivity contribution in [3.63, 3.8) is 0 Å². The largest absolute Gasteiger partial charge is 0.309 e. The van der Waals surface area contributed by atoms with Gasteiger partial charge in [-0.1, -0.05) is 0 Å². The third-order valence-corrected chi connectivity index (χ3v) is 4.32. The van der Waals surface area contributed by atoms with Gasteiger partial charge in [-0.3, -0.25) is 4.90 Å². The van der Waals surface area contributed by atoms with Crippen molar-refractivity contribution in [1.29, 1.82) is 0 Å². The van der Waals surface area contributed by atoms with Crippen LogP contribution < -0.4 is 5.32 Å². The highest BCUT2D eigenvalue weighted by atomic mass is 79.9. The molecule has 0 saturated carbocycles. The summed E-state index contributed by atoms with van der Waals surface area (Å²) in [7, 11) is 0. The van der Waals surface area contributed by atoms with Gasteiger partial charge in [0.15, 0.2) is 0 Å². The van der Waals surface area contributed by atoms with Crippen molar-refractivity contribution in [1.82, 2.24) is 10.2 Å². The Balaban J connectivity index is 0.00000128. The first-order valence-corrected chi connectivity index (χ1v) is 7.02. The van der Waals surface area contributed by atoms with Crippen LogP contribution in [0.4, 0.5) is 0 Å². The highest BCUT2D eigenvalue weighted by Crippen LogP contribution is 2.21. The topological polar surface area (TPSA) is 15.3 Å². The summed E-state index contributed by atoms with van der Waals surface area (Å²) in [6, 6.07) is 3.44. The monoisotopic (exact) mass is 324 g/mol. The fourth-order valence-corrected chi connectivity index (χ4v) is 3.72. The Labute approximate surface area is 116 Å². The predicted octanol–water partition coefficient (Wildman–Crippen LogP) is 3.11. The van der Waals surface area contributed by atoms with Crippen LogP contribution in [0, 0.1) is 0 Å². The van der Waals surface area contributed by atoms with Crippen LogP contribution in [0.3, 0.4) is 0 Å². The Kier molecular flexibility index (Phi) is 5.74. The molecule has 2 heterocycles. The van der Waals surface area contributed by atoms with Gasteiger partial charge < -0.3 is 5.32 Å². The third kappa shape index (κ3) is 4.00. The number of thiophene rings is 1. The molecule has 0 spiro atoms. The molecule has 1 saturated heterocycles. The van der Waals surface area contributed by atoms with Crippen LogP contribution in [-0.2, 0) is 6.54 Å². The first kappa shape index (κ1) is 14.5. The van der Waals surface area contributed by atoms with Gasteiger partial charge in [0.1, 0.15) is 0 Å². The van der Waals surface area contributed by atoms with Crippen molar-refractivity contribution in [2.45, 2.75) is 32.5 Å². The summed E-state index contributed by atoms with van der Waals surface area (Å²) in [4.78, 5) is 3.98. The minimum Gasteiger partial charge on any atom is -0.309 e. The molecule has 16 heavy (non-hydrogen) atoms. The van der Waals surface area contributed by atoms with E-state index >= 15 is 0 Å². The van der Waals surface area contributed by atoms with Gasteiger partial charge in [0.25, 0.3) is 0 Å². The van der Waals surface area contributed by atoms with E-state index in [0.717, 1.165) is 19.6 Å². The molecule has 5 heteroatoms. The van der Waals surface area contributed by atoms with Crippen LogP contribution in [0.5, 0.6) is 0 Å². The average Bonchev–Trinajstić information content (AvgIpc) is 2.49. The van der Waals surface area contributed by atoms with Crippen LogP contribution in [0.15, 0.2) is 15.9 Å². The Bertz CT molecular complexity index is 322. The second-order valence-corrected chi connectivity index (χ2v) is 6.31. The predicted molar refractivity (Wildman–Crippen MR) is 76.6 cm³/mol. The lowest BCUT2D eigenvalue weighted by Crippen LogP contribution is -2.53. The lowest BCUT2D eigenvalue weighted by atomic mass is 10.1. The number of nitrogens with one attached hydrogen (secondary N) is 1. The Hall–Kier alpha value is 0.390. The van der Waals surface area contributed by atoms with Crippen molar-refractivity contribution in [2.75, 3.05) is 13.1 Å². The maximum atomic E-state index is 3.55. The maximum Gasteiger partial charge on any atom is 0.0329 e. The molecule has 2 atom stereocenters. The smallest absolute Gasteiger partial charge is 0.0329 e. The van der Waals surface area contributed by atoms with E-state index < -0.39 is 0 Å². The fraction of sp³-hybridized carbons (Fsp3) is 0.636. The normalized spacial score (nSPS) is 26.4. The molecule has 2 rings (SSSR count). The van der Waals surface area contributed by atoms with E-state index in [4.69, 9.17) is 0 Å². The van der Waals surface area contributed by atoms with Gasteiger partial charge in [-0.25, -0.2) is 0 Å². The minimum atomic E-state index is 0. The zero-order valence-electron chi connectivity index (χ0n) is 9.57. The van der Waals surface area contributed by atoms with Gasteiger partial charge in [-0.15, -0.1) is 23.7 Å². The van der Waals surface area contributed by atoms with Gasteiger partial charge in [0, 0.05) is 46.4 Å². The second kappa shape index (κ2) is 6.36. The van der Waals surface area contributed by atoms with E-state index in [0.29, 0.717) is 12.1 Å². The molecule has 1 aliphatic rings. The summed E-state index contributed by atoms with van der Waals surface area (Å²) >= 11 is 5.34. The van der Waals surface area contributed by atoms with E-state index in [1.54, 1.807) is 0 Å². The zero-order valence-corrected chi connectivity index (χ0v) is 12.8. The molecule has 0 bridgehead atoms. The molecule has 0 aromatic carbocycles. The van der Waals surface area contributed by atoms with E-state index in [2.05, 4.69) is 51.4 Å². The Morgan fingerprint density at radius 3 is 2.56 bits per heavy atom. The molecule has 1 N–H and O–H groups in total. The van der Waals surface area contributed by atoms with Crippen LogP contribution in [-0.4, -0.2) is 30.1 Å². The van der Waals surface area contributed by atoms with E-state index in [-0.39, 0.29) is 12.4 Å². The lowest BCUT2D eigenvalue weighted by molar-refractivity contribution is 0.168. The zero-order chi connectivity index (χ0) is 10.8. The van der Waals surface area contributed by atoms with E-state index in [1.165, 1.54) is 9.35 Å². The van der Waals surface area contributed by atoms with Crippen molar-refractivity contribution < 1.29 is 0 Å². The molecular weight excluding hydrogens is 308 g/mol. The summed E-state index contributed by atoms with van der Waals surface area (Å²) < 4.78 is 1.21. The summed E-state index contributed by atoms with van der Waals surface area (Å²) in [6.07, 6.45) is 0. The Morgan fingerprint density at radius 2 is 2.06 bits per heavy atom. The van der Waals surface area contributed by atoms with E-state index in [9.17, 15) is 0 Å². The third-order valence-electron chi connectivity index (χ3n) is 2.63. The van der Waals surface area contributed by atoms with Gasteiger partial charge in [0.05, 0.1) is 0 Å². The minimum absolute atomic E-state index is 0. The van der Waals surface area contributed by atoms with Crippen molar-refractivity contribution >= 4 is 39.7 Å². The molecule has 2 unspecified atom stereocenters. The maximum absolute atomic E-state index is 3.55. The molecule has 1 aliphatic heterocycles. The summed E-state index contributed by atoms with van der Waals surface area (Å²) in [6.45, 7) is 7.91. The van der Waals surface area contributed by atoms with Crippen LogP contribution >= 0.6 is 39.7 Å². The molecule has 1 aromatic heterocycles. The van der Waals surface area contributed by atoms with Crippen molar-refractivity contribution in [3.05, 3.63) is 20.8 Å². The van der Waals surface area contributed by atoms with Crippen LogP contribution in [0.25, 0.3) is 0 Å². The summed E-state index contributed by atoms with van der Waals surface area (Å²) in [5.41, 5.74) is 0. The molecule has 92 valence electrons. The Morgan fingerprint density at radius 1 is 1.44 bits per heavy atom. The SMILES string of the molecule is CC1CN(Cc2cc(Br)cs2)CC(C)N1.Cl. The quantitative estimate of drug-likeness (QED) is 0.899. The molecule has 0 amide bonds. The lowest BCUT2D eigenvalue weighted by Gasteiger charge is -2.35. The number of hydrogen-bond acceptors (Lipinski definition) is 3. The highest BCUT2D eigenvalue weighted by Gasteiger charge is 2.20. The van der Waals surface area contributed by atoms with Gasteiger partial charge in [-0.2, -0.15) is 0 Å². The standard InChI is InChI=1S/C11H17BrN2S.ClH/c1-8-4-14(5-9(2)13-8)6-11-3-10(12)7-15-11;/h3,7-9,13H,4-6H2,1-2H3;1H. The van der Waals surface area contributed by atoms with Gasteiger partial charge in [0.2, 0.25) is 0 Å². The average molecular weight is 326 g/mol. The summed E-state index contributed by atoms with van der Waals surface area (Å²) in [5, 5.41) is 5.71. The van der Waals surface area contributed by atoms with Crippen LogP contribution in [0.1, 0.15) is 18.7 Å². The van der Waals surface area contributed by atoms with Crippen molar-refractivity contribution in [2.24, 2.45) is 0 Å². The molecule has 1 fully saturated rings. The second-order valence-electron chi connectivity index (χ2n) is 4.39. The van der Waals surface area contributed by atoms with Gasteiger partial charge >= 0.3 is 0 Å². The first-order chi connectivity index (χ1) is 7.13. The molecule has 0 aliphatic carbocycles. The number of piperazine rings is 1. The summed E-state index contributed by atoms with van der Waals surface area (Å²) in [5.74, 6) is 0. The molecule has 0 radical (unpaired) electrons. The number of hydrogen-bond donors (Lipinski definition) is 1. The van der Waals surface area contributed by atoms with E-state index in [1.807, 2.05) is 11.3 Å². The molecule has 2 nitrogen and oxygen atoms in total. The number of rotatable bonds is 2. The molecule has 1 aromatic rings. The fourth-order valence-electron chi connectivity index (χ4n) is 2.23. The van der Waals surface area contributed by atoms with Crippen molar-refractivity contribution in [3.8, 4) is 0 Å². The van der Waals surface area contributed by atoms with Gasteiger partial charge in [-0.05, 0) is 35.8 Å². The number of halogens is 2. The molecular formula is C11H18BrClN2S. The van der Waals surface area contributed by atoms with Crippen LogP contribution in [0.2, 0.25) is 0 Å². The highest BCUT2D eigenvalue weighted by molar-refractivity contribution is 9.10. The first-order valence-electron chi connectivity index (χ1n) is 5.35.